The number of halogens is 1. The van der Waals surface area contributed by atoms with Gasteiger partial charge >= 0.3 is 12.0 Å². The number of carboxylic acids is 1. The van der Waals surface area contributed by atoms with Crippen LogP contribution in [0.15, 0.2) is 45.7 Å². The zero-order valence-electron chi connectivity index (χ0n) is 15.5. The number of carbonyl (C=O) groups is 1. The molecule has 1 heterocycles. The van der Waals surface area contributed by atoms with E-state index in [4.69, 9.17) is 16.0 Å². The summed E-state index contributed by atoms with van der Waals surface area (Å²) in [5.74, 6) is -1.24. The lowest BCUT2D eigenvalue weighted by atomic mass is 9.97. The van der Waals surface area contributed by atoms with Crippen molar-refractivity contribution in [2.75, 3.05) is 10.8 Å². The lowest BCUT2D eigenvalue weighted by Crippen LogP contribution is -2.31. The molecule has 3 rings (SSSR count). The quantitative estimate of drug-likeness (QED) is 0.626. The highest BCUT2D eigenvalue weighted by atomic mass is 35.5. The minimum Gasteiger partial charge on any atom is -0.478 e. The van der Waals surface area contributed by atoms with Crippen LogP contribution in [0.2, 0.25) is 5.02 Å². The third-order valence-corrected chi connectivity index (χ3v) is 6.38. The van der Waals surface area contributed by atoms with Crippen molar-refractivity contribution in [3.05, 3.63) is 52.5 Å². The summed E-state index contributed by atoms with van der Waals surface area (Å²) in [6.45, 7) is 5.38. The molecule has 0 aliphatic carbocycles. The molecule has 0 aliphatic rings. The monoisotopic (exact) mass is 422 g/mol. The summed E-state index contributed by atoms with van der Waals surface area (Å²) < 4.78 is 32.9. The standard InChI is InChI=1S/C19H19ClN2O5S/c1-4-22(19-21-16-9-12(20)5-8-17(16)27-19)28(25,26)13-6-7-14(11(2)3)15(10-13)18(23)24/h5-11H,4H2,1-3H3,(H,23,24). The molecule has 148 valence electrons. The summed E-state index contributed by atoms with van der Waals surface area (Å²) in [6, 6.07) is 8.80. The van der Waals surface area contributed by atoms with Crippen LogP contribution in [0.5, 0.6) is 0 Å². The first-order chi connectivity index (χ1) is 13.1. The molecule has 0 unspecified atom stereocenters. The molecule has 9 heteroatoms. The molecule has 2 aromatic carbocycles. The number of fused-ring (bicyclic) bond motifs is 1. The fraction of sp³-hybridized carbons (Fsp3) is 0.263. The van der Waals surface area contributed by atoms with E-state index in [0.717, 1.165) is 4.31 Å². The van der Waals surface area contributed by atoms with Crippen LogP contribution < -0.4 is 4.31 Å². The molecule has 0 bridgehead atoms. The zero-order valence-corrected chi connectivity index (χ0v) is 17.1. The lowest BCUT2D eigenvalue weighted by Gasteiger charge is -2.19. The van der Waals surface area contributed by atoms with Gasteiger partial charge in [0.2, 0.25) is 0 Å². The van der Waals surface area contributed by atoms with Crippen LogP contribution in [-0.2, 0) is 10.0 Å². The molecular weight excluding hydrogens is 404 g/mol. The first-order valence-electron chi connectivity index (χ1n) is 8.61. The second-order valence-corrected chi connectivity index (χ2v) is 8.79. The summed E-state index contributed by atoms with van der Waals surface area (Å²) in [5, 5.41) is 9.94. The Kier molecular flexibility index (Phi) is 5.36. The maximum Gasteiger partial charge on any atom is 0.336 e. The summed E-state index contributed by atoms with van der Waals surface area (Å²) in [6.07, 6.45) is 0. The maximum absolute atomic E-state index is 13.2. The van der Waals surface area contributed by atoms with Gasteiger partial charge in [0.15, 0.2) is 5.58 Å². The second kappa shape index (κ2) is 7.44. The van der Waals surface area contributed by atoms with Crippen LogP contribution >= 0.6 is 11.6 Å². The Bertz CT molecular complexity index is 1150. The van der Waals surface area contributed by atoms with Gasteiger partial charge in [0.05, 0.1) is 10.5 Å². The van der Waals surface area contributed by atoms with Crippen molar-refractivity contribution in [3.63, 3.8) is 0 Å². The third-order valence-electron chi connectivity index (χ3n) is 4.30. The Hall–Kier alpha value is -2.58. The molecule has 0 spiro atoms. The number of benzene rings is 2. The van der Waals surface area contributed by atoms with Crippen molar-refractivity contribution in [1.82, 2.24) is 4.98 Å². The predicted octanol–water partition coefficient (Wildman–Crippen LogP) is 4.52. The van der Waals surface area contributed by atoms with Gasteiger partial charge in [0.1, 0.15) is 5.52 Å². The van der Waals surface area contributed by atoms with Crippen LogP contribution in [0.25, 0.3) is 11.1 Å². The maximum atomic E-state index is 13.2. The van der Waals surface area contributed by atoms with Crippen molar-refractivity contribution in [3.8, 4) is 0 Å². The van der Waals surface area contributed by atoms with E-state index in [0.29, 0.717) is 21.7 Å². The number of sulfonamides is 1. The smallest absolute Gasteiger partial charge is 0.336 e. The Balaban J connectivity index is 2.11. The molecule has 0 fully saturated rings. The van der Waals surface area contributed by atoms with Crippen LogP contribution in [0.3, 0.4) is 0 Å². The Morgan fingerprint density at radius 1 is 1.25 bits per heavy atom. The minimum atomic E-state index is -4.08. The van der Waals surface area contributed by atoms with E-state index in [1.165, 1.54) is 18.2 Å². The topological polar surface area (TPSA) is 101 Å². The average Bonchev–Trinajstić information content (AvgIpc) is 3.03. The molecule has 0 saturated carbocycles. The Labute approximate surface area is 167 Å². The van der Waals surface area contributed by atoms with Crippen molar-refractivity contribution in [1.29, 1.82) is 0 Å². The van der Waals surface area contributed by atoms with E-state index in [9.17, 15) is 18.3 Å². The molecule has 1 aromatic heterocycles. The Morgan fingerprint density at radius 3 is 2.57 bits per heavy atom. The number of oxazole rings is 1. The summed E-state index contributed by atoms with van der Waals surface area (Å²) >= 11 is 5.95. The number of aromatic nitrogens is 1. The molecular formula is C19H19ClN2O5S. The molecule has 0 radical (unpaired) electrons. The molecule has 0 saturated heterocycles. The predicted molar refractivity (Wildman–Crippen MR) is 107 cm³/mol. The molecule has 7 nitrogen and oxygen atoms in total. The number of aromatic carboxylic acids is 1. The van der Waals surface area contributed by atoms with Gasteiger partial charge < -0.3 is 9.52 Å². The van der Waals surface area contributed by atoms with Crippen LogP contribution in [0, 0.1) is 0 Å². The summed E-state index contributed by atoms with van der Waals surface area (Å²) in [5.41, 5.74) is 1.34. The van der Waals surface area contributed by atoms with Gasteiger partial charge in [-0.15, -0.1) is 0 Å². The van der Waals surface area contributed by atoms with Crippen molar-refractivity contribution < 1.29 is 22.7 Å². The lowest BCUT2D eigenvalue weighted by molar-refractivity contribution is 0.0695. The minimum absolute atomic E-state index is 0.0449. The molecule has 0 aliphatic heterocycles. The Morgan fingerprint density at radius 2 is 1.96 bits per heavy atom. The summed E-state index contributed by atoms with van der Waals surface area (Å²) in [7, 11) is -4.08. The number of rotatable bonds is 6. The molecule has 1 N–H and O–H groups in total. The van der Waals surface area contributed by atoms with Gasteiger partial charge in [-0.25, -0.2) is 17.5 Å². The number of hydrogen-bond acceptors (Lipinski definition) is 5. The van der Waals surface area contributed by atoms with E-state index >= 15 is 0 Å². The van der Waals surface area contributed by atoms with Crippen LogP contribution in [-0.4, -0.2) is 31.0 Å². The van der Waals surface area contributed by atoms with Crippen molar-refractivity contribution >= 4 is 44.7 Å². The number of hydrogen-bond donors (Lipinski definition) is 1. The molecule has 28 heavy (non-hydrogen) atoms. The van der Waals surface area contributed by atoms with Gasteiger partial charge in [-0.2, -0.15) is 4.98 Å². The van der Waals surface area contributed by atoms with Gasteiger partial charge in [0, 0.05) is 11.6 Å². The van der Waals surface area contributed by atoms with E-state index < -0.39 is 16.0 Å². The normalized spacial score (nSPS) is 11.9. The number of nitrogens with zero attached hydrogens (tertiary/aromatic N) is 2. The third kappa shape index (κ3) is 3.57. The van der Waals surface area contributed by atoms with Crippen molar-refractivity contribution in [2.24, 2.45) is 0 Å². The highest BCUT2D eigenvalue weighted by Gasteiger charge is 2.29. The van der Waals surface area contributed by atoms with Gasteiger partial charge in [-0.1, -0.05) is 31.5 Å². The summed E-state index contributed by atoms with van der Waals surface area (Å²) in [4.78, 5) is 15.7. The average molecular weight is 423 g/mol. The first-order valence-corrected chi connectivity index (χ1v) is 10.4. The van der Waals surface area contributed by atoms with E-state index in [1.807, 2.05) is 13.8 Å². The van der Waals surface area contributed by atoms with Gasteiger partial charge in [0.25, 0.3) is 10.0 Å². The largest absolute Gasteiger partial charge is 0.478 e. The number of carboxylic acid groups (broad SMARTS) is 1. The number of anilines is 1. The molecule has 0 atom stereocenters. The van der Waals surface area contributed by atoms with E-state index in [1.54, 1.807) is 25.1 Å². The molecule has 3 aromatic rings. The van der Waals surface area contributed by atoms with Gasteiger partial charge in [-0.05, 0) is 48.7 Å². The van der Waals surface area contributed by atoms with Crippen LogP contribution in [0.4, 0.5) is 6.01 Å². The molecule has 0 amide bonds. The van der Waals surface area contributed by atoms with E-state index in [-0.39, 0.29) is 28.9 Å². The fourth-order valence-corrected chi connectivity index (χ4v) is 4.47. The fourth-order valence-electron chi connectivity index (χ4n) is 2.91. The van der Waals surface area contributed by atoms with Gasteiger partial charge in [-0.3, -0.25) is 0 Å². The van der Waals surface area contributed by atoms with Crippen molar-refractivity contribution in [2.45, 2.75) is 31.6 Å². The first kappa shape index (κ1) is 20.2. The van der Waals surface area contributed by atoms with Crippen LogP contribution in [0.1, 0.15) is 42.6 Å². The second-order valence-electron chi connectivity index (χ2n) is 6.49. The SMILES string of the molecule is CCN(c1nc2cc(Cl)ccc2o1)S(=O)(=O)c1ccc(C(C)C)c(C(=O)O)c1. The highest BCUT2D eigenvalue weighted by Crippen LogP contribution is 2.30. The zero-order chi connectivity index (χ0) is 20.6. The van der Waals surface area contributed by atoms with E-state index in [2.05, 4.69) is 4.98 Å². The highest BCUT2D eigenvalue weighted by molar-refractivity contribution is 7.92.